The SMILES string of the molecule is COC(=O)c1c(-c2ccccc2)[nH]c2cc(Br)ccc12. The molecule has 0 spiro atoms. The van der Waals surface area contributed by atoms with Gasteiger partial charge in [-0.1, -0.05) is 52.3 Å². The molecule has 2 aromatic carbocycles. The Morgan fingerprint density at radius 2 is 1.90 bits per heavy atom. The van der Waals surface area contributed by atoms with Crippen LogP contribution in [0.1, 0.15) is 10.4 Å². The number of hydrogen-bond donors (Lipinski definition) is 1. The van der Waals surface area contributed by atoms with Crippen LogP contribution in [0.4, 0.5) is 0 Å². The molecule has 0 amide bonds. The topological polar surface area (TPSA) is 42.1 Å². The molecule has 1 N–H and O–H groups in total. The lowest BCUT2D eigenvalue weighted by molar-refractivity contribution is 0.0604. The van der Waals surface area contributed by atoms with E-state index in [0.717, 1.165) is 26.6 Å². The van der Waals surface area contributed by atoms with E-state index in [2.05, 4.69) is 20.9 Å². The van der Waals surface area contributed by atoms with Crippen molar-refractivity contribution in [2.24, 2.45) is 0 Å². The molecule has 0 fully saturated rings. The van der Waals surface area contributed by atoms with Gasteiger partial charge >= 0.3 is 5.97 Å². The quantitative estimate of drug-likeness (QED) is 0.709. The lowest BCUT2D eigenvalue weighted by Gasteiger charge is -2.03. The van der Waals surface area contributed by atoms with Crippen LogP contribution in [0.3, 0.4) is 0 Å². The van der Waals surface area contributed by atoms with Crippen molar-refractivity contribution in [1.82, 2.24) is 4.98 Å². The number of rotatable bonds is 2. The molecule has 4 heteroatoms. The highest BCUT2D eigenvalue weighted by Crippen LogP contribution is 2.32. The predicted molar refractivity (Wildman–Crippen MR) is 82.8 cm³/mol. The molecule has 0 aliphatic rings. The van der Waals surface area contributed by atoms with Gasteiger partial charge in [-0.25, -0.2) is 4.79 Å². The molecular formula is C16H12BrNO2. The summed E-state index contributed by atoms with van der Waals surface area (Å²) in [5, 5.41) is 0.860. The van der Waals surface area contributed by atoms with E-state index >= 15 is 0 Å². The van der Waals surface area contributed by atoms with Crippen LogP contribution in [0.25, 0.3) is 22.2 Å². The summed E-state index contributed by atoms with van der Waals surface area (Å²) in [5.74, 6) is -0.336. The zero-order valence-corrected chi connectivity index (χ0v) is 12.4. The molecule has 0 unspecified atom stereocenters. The Kier molecular flexibility index (Phi) is 3.32. The maximum Gasteiger partial charge on any atom is 0.340 e. The molecule has 100 valence electrons. The summed E-state index contributed by atoms with van der Waals surface area (Å²) in [6.45, 7) is 0. The molecular weight excluding hydrogens is 318 g/mol. The van der Waals surface area contributed by atoms with Gasteiger partial charge < -0.3 is 9.72 Å². The van der Waals surface area contributed by atoms with E-state index in [-0.39, 0.29) is 5.97 Å². The van der Waals surface area contributed by atoms with Crippen LogP contribution in [-0.4, -0.2) is 18.1 Å². The molecule has 0 bridgehead atoms. The third-order valence-corrected chi connectivity index (χ3v) is 3.71. The lowest BCUT2D eigenvalue weighted by atomic mass is 10.1. The Hall–Kier alpha value is -2.07. The number of esters is 1. The van der Waals surface area contributed by atoms with E-state index < -0.39 is 0 Å². The van der Waals surface area contributed by atoms with Crippen LogP contribution in [0.15, 0.2) is 53.0 Å². The van der Waals surface area contributed by atoms with Crippen LogP contribution in [0, 0.1) is 0 Å². The summed E-state index contributed by atoms with van der Waals surface area (Å²) in [7, 11) is 1.40. The average molecular weight is 330 g/mol. The van der Waals surface area contributed by atoms with Crippen molar-refractivity contribution in [3.8, 4) is 11.3 Å². The number of ether oxygens (including phenoxy) is 1. The number of benzene rings is 2. The fourth-order valence-electron chi connectivity index (χ4n) is 2.31. The van der Waals surface area contributed by atoms with E-state index in [4.69, 9.17) is 4.74 Å². The van der Waals surface area contributed by atoms with Gasteiger partial charge in [0.15, 0.2) is 0 Å². The summed E-state index contributed by atoms with van der Waals surface area (Å²) >= 11 is 3.44. The van der Waals surface area contributed by atoms with Gasteiger partial charge in [-0.05, 0) is 17.7 Å². The van der Waals surface area contributed by atoms with Gasteiger partial charge in [0.1, 0.15) is 0 Å². The Bertz CT molecular complexity index is 778. The van der Waals surface area contributed by atoms with E-state index in [9.17, 15) is 4.79 Å². The van der Waals surface area contributed by atoms with Gasteiger partial charge in [0.2, 0.25) is 0 Å². The first-order chi connectivity index (χ1) is 9.70. The van der Waals surface area contributed by atoms with E-state index in [1.54, 1.807) is 0 Å². The van der Waals surface area contributed by atoms with Crippen molar-refractivity contribution < 1.29 is 9.53 Å². The van der Waals surface area contributed by atoms with E-state index in [1.807, 2.05) is 48.5 Å². The van der Waals surface area contributed by atoms with E-state index in [1.165, 1.54) is 7.11 Å². The molecule has 0 aliphatic carbocycles. The van der Waals surface area contributed by atoms with Crippen LogP contribution < -0.4 is 0 Å². The summed E-state index contributed by atoms with van der Waals surface area (Å²) < 4.78 is 5.88. The molecule has 20 heavy (non-hydrogen) atoms. The number of methoxy groups -OCH3 is 1. The predicted octanol–water partition coefficient (Wildman–Crippen LogP) is 4.38. The third-order valence-electron chi connectivity index (χ3n) is 3.21. The number of nitrogens with one attached hydrogen (secondary N) is 1. The number of fused-ring (bicyclic) bond motifs is 1. The Morgan fingerprint density at radius 1 is 1.15 bits per heavy atom. The minimum absolute atomic E-state index is 0.336. The zero-order valence-electron chi connectivity index (χ0n) is 10.8. The van der Waals surface area contributed by atoms with Crippen LogP contribution in [-0.2, 0) is 4.74 Å². The third kappa shape index (κ3) is 2.12. The molecule has 0 atom stereocenters. The molecule has 0 saturated carbocycles. The number of aromatic amines is 1. The Balaban J connectivity index is 2.33. The van der Waals surface area contributed by atoms with Gasteiger partial charge in [-0.3, -0.25) is 0 Å². The highest BCUT2D eigenvalue weighted by Gasteiger charge is 2.20. The van der Waals surface area contributed by atoms with Gasteiger partial charge in [0.25, 0.3) is 0 Å². The second kappa shape index (κ2) is 5.13. The largest absolute Gasteiger partial charge is 0.465 e. The number of carbonyl (C=O) groups excluding carboxylic acids is 1. The van der Waals surface area contributed by atoms with Crippen molar-refractivity contribution in [2.75, 3.05) is 7.11 Å². The number of hydrogen-bond acceptors (Lipinski definition) is 2. The summed E-state index contributed by atoms with van der Waals surface area (Å²) in [5.41, 5.74) is 3.21. The number of aromatic nitrogens is 1. The van der Waals surface area contributed by atoms with Crippen LogP contribution in [0.5, 0.6) is 0 Å². The van der Waals surface area contributed by atoms with Crippen LogP contribution in [0.2, 0.25) is 0 Å². The number of halogens is 1. The second-order valence-corrected chi connectivity index (χ2v) is 5.34. The fourth-order valence-corrected chi connectivity index (χ4v) is 2.67. The zero-order chi connectivity index (χ0) is 14.1. The first kappa shape index (κ1) is 12.9. The first-order valence-electron chi connectivity index (χ1n) is 6.15. The molecule has 3 nitrogen and oxygen atoms in total. The standard InChI is InChI=1S/C16H12BrNO2/c1-20-16(19)14-12-8-7-11(17)9-13(12)18-15(14)10-5-3-2-4-6-10/h2-9,18H,1H3. The smallest absolute Gasteiger partial charge is 0.340 e. The fraction of sp³-hybridized carbons (Fsp3) is 0.0625. The van der Waals surface area contributed by atoms with Crippen LogP contribution >= 0.6 is 15.9 Å². The van der Waals surface area contributed by atoms with Gasteiger partial charge in [0.05, 0.1) is 18.4 Å². The number of H-pyrrole nitrogens is 1. The second-order valence-electron chi connectivity index (χ2n) is 4.42. The molecule has 1 aromatic heterocycles. The van der Waals surface area contributed by atoms with Crippen molar-refractivity contribution in [3.05, 3.63) is 58.6 Å². The minimum atomic E-state index is -0.336. The molecule has 3 rings (SSSR count). The molecule has 0 saturated heterocycles. The summed E-state index contributed by atoms with van der Waals surface area (Å²) in [4.78, 5) is 15.4. The minimum Gasteiger partial charge on any atom is -0.465 e. The monoisotopic (exact) mass is 329 g/mol. The van der Waals surface area contributed by atoms with Gasteiger partial charge in [0, 0.05) is 15.4 Å². The highest BCUT2D eigenvalue weighted by atomic mass is 79.9. The van der Waals surface area contributed by atoms with Crippen molar-refractivity contribution in [1.29, 1.82) is 0 Å². The lowest BCUT2D eigenvalue weighted by Crippen LogP contribution is -2.02. The maximum absolute atomic E-state index is 12.1. The molecule has 0 aliphatic heterocycles. The van der Waals surface area contributed by atoms with Crippen molar-refractivity contribution in [3.63, 3.8) is 0 Å². The van der Waals surface area contributed by atoms with Gasteiger partial charge in [-0.15, -0.1) is 0 Å². The Labute approximate surface area is 124 Å². The normalized spacial score (nSPS) is 10.7. The summed E-state index contributed by atoms with van der Waals surface area (Å²) in [6, 6.07) is 15.5. The van der Waals surface area contributed by atoms with E-state index in [0.29, 0.717) is 5.56 Å². The molecule has 0 radical (unpaired) electrons. The highest BCUT2D eigenvalue weighted by molar-refractivity contribution is 9.10. The molecule has 1 heterocycles. The first-order valence-corrected chi connectivity index (χ1v) is 6.95. The van der Waals surface area contributed by atoms with Gasteiger partial charge in [-0.2, -0.15) is 0 Å². The Morgan fingerprint density at radius 3 is 2.60 bits per heavy atom. The average Bonchev–Trinajstić information content (AvgIpc) is 2.85. The van der Waals surface area contributed by atoms with Crippen molar-refractivity contribution in [2.45, 2.75) is 0 Å². The number of carbonyl (C=O) groups is 1. The van der Waals surface area contributed by atoms with Crippen molar-refractivity contribution >= 4 is 32.8 Å². The maximum atomic E-state index is 12.1. The molecule has 3 aromatic rings. The summed E-state index contributed by atoms with van der Waals surface area (Å²) in [6.07, 6.45) is 0.